The second-order valence-electron chi connectivity index (χ2n) is 4.96. The van der Waals surface area contributed by atoms with Gasteiger partial charge in [0.2, 0.25) is 5.91 Å². The molecule has 0 aromatic heterocycles. The fraction of sp³-hybridized carbons (Fsp3) is 0.125. The predicted octanol–water partition coefficient (Wildman–Crippen LogP) is 2.71. The average molecular weight is 347 g/mol. The van der Waals surface area contributed by atoms with Gasteiger partial charge in [0.15, 0.2) is 6.61 Å². The molecule has 0 aliphatic rings. The second kappa shape index (κ2) is 7.86. The maximum absolute atomic E-state index is 13.7. The molecule has 25 heavy (non-hydrogen) atoms. The third kappa shape index (κ3) is 5.27. The minimum atomic E-state index is -0.669. The van der Waals surface area contributed by atoms with Crippen molar-refractivity contribution in [2.45, 2.75) is 6.92 Å². The minimum Gasteiger partial charge on any atom is -0.484 e. The topological polar surface area (TPSA) is 111 Å². The lowest BCUT2D eigenvalue weighted by atomic mass is 10.2. The molecule has 8 nitrogen and oxygen atoms in total. The summed E-state index contributed by atoms with van der Waals surface area (Å²) in [6.07, 6.45) is 0. The first-order valence-electron chi connectivity index (χ1n) is 7.09. The first-order valence-corrected chi connectivity index (χ1v) is 7.09. The van der Waals surface area contributed by atoms with Crippen LogP contribution in [0.3, 0.4) is 0 Å². The van der Waals surface area contributed by atoms with Crippen molar-refractivity contribution in [3.05, 3.63) is 58.4 Å². The van der Waals surface area contributed by atoms with Gasteiger partial charge in [-0.1, -0.05) is 0 Å². The Hall–Kier alpha value is -3.49. The first kappa shape index (κ1) is 17.9. The second-order valence-corrected chi connectivity index (χ2v) is 4.96. The van der Waals surface area contributed by atoms with Crippen LogP contribution in [0.15, 0.2) is 42.5 Å². The van der Waals surface area contributed by atoms with Gasteiger partial charge in [0.05, 0.1) is 10.6 Å². The zero-order chi connectivity index (χ0) is 18.4. The van der Waals surface area contributed by atoms with E-state index in [9.17, 15) is 24.1 Å². The molecule has 2 amide bonds. The summed E-state index contributed by atoms with van der Waals surface area (Å²) in [5, 5.41) is 15.3. The zero-order valence-electron chi connectivity index (χ0n) is 13.1. The number of nitro groups is 1. The fourth-order valence-electron chi connectivity index (χ4n) is 1.90. The lowest BCUT2D eigenvalue weighted by molar-refractivity contribution is -0.384. The van der Waals surface area contributed by atoms with E-state index in [1.807, 2.05) is 0 Å². The molecule has 2 N–H and O–H groups in total. The van der Waals surface area contributed by atoms with Crippen LogP contribution in [0.4, 0.5) is 21.5 Å². The predicted molar refractivity (Wildman–Crippen MR) is 87.9 cm³/mol. The van der Waals surface area contributed by atoms with Gasteiger partial charge in [-0.05, 0) is 30.3 Å². The van der Waals surface area contributed by atoms with Crippen LogP contribution < -0.4 is 15.4 Å². The molecule has 0 aliphatic heterocycles. The summed E-state index contributed by atoms with van der Waals surface area (Å²) in [6, 6.07) is 8.93. The van der Waals surface area contributed by atoms with Gasteiger partial charge in [-0.3, -0.25) is 19.7 Å². The Kier molecular flexibility index (Phi) is 5.62. The van der Waals surface area contributed by atoms with Crippen molar-refractivity contribution in [3.8, 4) is 5.75 Å². The van der Waals surface area contributed by atoms with Gasteiger partial charge in [-0.2, -0.15) is 0 Å². The lowest BCUT2D eigenvalue weighted by Gasteiger charge is -2.10. The summed E-state index contributed by atoms with van der Waals surface area (Å²) in [7, 11) is 0. The number of ether oxygens (including phenoxy) is 1. The smallest absolute Gasteiger partial charge is 0.269 e. The van der Waals surface area contributed by atoms with Crippen molar-refractivity contribution in [1.29, 1.82) is 0 Å². The Balaban J connectivity index is 1.95. The van der Waals surface area contributed by atoms with Crippen molar-refractivity contribution < 1.29 is 23.6 Å². The molecule has 2 aromatic carbocycles. The molecule has 0 radical (unpaired) electrons. The Morgan fingerprint density at radius 3 is 2.44 bits per heavy atom. The molecule has 2 rings (SSSR count). The SMILES string of the molecule is CC(=O)Nc1ccc(F)c(NC(=O)COc2ccc([N+](=O)[O-])cc2)c1. The van der Waals surface area contributed by atoms with Crippen LogP contribution in [-0.2, 0) is 9.59 Å². The van der Waals surface area contributed by atoms with E-state index in [2.05, 4.69) is 10.6 Å². The molecule has 0 fully saturated rings. The molecule has 0 aliphatic carbocycles. The molecular formula is C16H14FN3O5. The highest BCUT2D eigenvalue weighted by molar-refractivity contribution is 5.94. The molecule has 0 saturated heterocycles. The number of carbonyl (C=O) groups excluding carboxylic acids is 2. The van der Waals surface area contributed by atoms with Crippen LogP contribution in [0.5, 0.6) is 5.75 Å². The van der Waals surface area contributed by atoms with Crippen LogP contribution in [0, 0.1) is 15.9 Å². The molecule has 0 heterocycles. The summed E-state index contributed by atoms with van der Waals surface area (Å²) in [5.41, 5.74) is 0.123. The van der Waals surface area contributed by atoms with E-state index in [4.69, 9.17) is 4.74 Å². The van der Waals surface area contributed by atoms with E-state index in [1.165, 1.54) is 43.3 Å². The zero-order valence-corrected chi connectivity index (χ0v) is 13.1. The van der Waals surface area contributed by atoms with Crippen LogP contribution >= 0.6 is 0 Å². The summed E-state index contributed by atoms with van der Waals surface area (Å²) in [6.45, 7) is 0.890. The van der Waals surface area contributed by atoms with E-state index in [1.54, 1.807) is 0 Å². The largest absolute Gasteiger partial charge is 0.484 e. The standard InChI is InChI=1S/C16H14FN3O5/c1-10(21)18-11-2-7-14(17)15(8-11)19-16(22)9-25-13-5-3-12(4-6-13)20(23)24/h2-8H,9H2,1H3,(H,18,21)(H,19,22). The number of nitro benzene ring substituents is 1. The highest BCUT2D eigenvalue weighted by atomic mass is 19.1. The number of hydrogen-bond donors (Lipinski definition) is 2. The third-order valence-corrected chi connectivity index (χ3v) is 2.98. The molecular weight excluding hydrogens is 333 g/mol. The first-order chi connectivity index (χ1) is 11.8. The van der Waals surface area contributed by atoms with Gasteiger partial charge in [0, 0.05) is 24.7 Å². The normalized spacial score (nSPS) is 10.0. The van der Waals surface area contributed by atoms with Crippen LogP contribution in [0.1, 0.15) is 6.92 Å². The number of nitrogens with zero attached hydrogens (tertiary/aromatic N) is 1. The number of non-ortho nitro benzene ring substituents is 1. The van der Waals surface area contributed by atoms with Crippen molar-refractivity contribution in [3.63, 3.8) is 0 Å². The maximum Gasteiger partial charge on any atom is 0.269 e. The number of amides is 2. The quantitative estimate of drug-likeness (QED) is 0.616. The van der Waals surface area contributed by atoms with E-state index in [0.29, 0.717) is 5.69 Å². The van der Waals surface area contributed by atoms with Gasteiger partial charge in [-0.15, -0.1) is 0 Å². The van der Waals surface area contributed by atoms with Gasteiger partial charge < -0.3 is 15.4 Å². The highest BCUT2D eigenvalue weighted by Gasteiger charge is 2.10. The Labute approximate surface area is 141 Å². The number of anilines is 2. The van der Waals surface area contributed by atoms with Gasteiger partial charge in [-0.25, -0.2) is 4.39 Å². The van der Waals surface area contributed by atoms with E-state index < -0.39 is 23.3 Å². The highest BCUT2D eigenvalue weighted by Crippen LogP contribution is 2.20. The fourth-order valence-corrected chi connectivity index (χ4v) is 1.90. The maximum atomic E-state index is 13.7. The number of halogens is 1. The van der Waals surface area contributed by atoms with E-state index in [0.717, 1.165) is 6.07 Å². The monoisotopic (exact) mass is 347 g/mol. The number of carbonyl (C=O) groups is 2. The van der Waals surface area contributed by atoms with E-state index in [-0.39, 0.29) is 23.0 Å². The summed E-state index contributed by atoms with van der Waals surface area (Å²) in [4.78, 5) is 32.8. The average Bonchev–Trinajstić information content (AvgIpc) is 2.56. The Morgan fingerprint density at radius 2 is 1.84 bits per heavy atom. The van der Waals surface area contributed by atoms with Gasteiger partial charge in [0.1, 0.15) is 11.6 Å². The van der Waals surface area contributed by atoms with Crippen molar-refractivity contribution >= 4 is 28.9 Å². The molecule has 130 valence electrons. The number of rotatable bonds is 6. The van der Waals surface area contributed by atoms with Crippen molar-refractivity contribution in [2.24, 2.45) is 0 Å². The Morgan fingerprint density at radius 1 is 1.16 bits per heavy atom. The summed E-state index contributed by atoms with van der Waals surface area (Å²) in [5.74, 6) is -1.37. The number of nitrogens with one attached hydrogen (secondary N) is 2. The van der Waals surface area contributed by atoms with Crippen LogP contribution in [0.25, 0.3) is 0 Å². The molecule has 0 spiro atoms. The molecule has 9 heteroatoms. The lowest BCUT2D eigenvalue weighted by Crippen LogP contribution is -2.21. The number of benzene rings is 2. The molecule has 0 unspecified atom stereocenters. The summed E-state index contributed by atoms with van der Waals surface area (Å²) >= 11 is 0. The molecule has 0 bridgehead atoms. The Bertz CT molecular complexity index is 808. The minimum absolute atomic E-state index is 0.103. The third-order valence-electron chi connectivity index (χ3n) is 2.98. The van der Waals surface area contributed by atoms with Crippen LogP contribution in [0.2, 0.25) is 0 Å². The van der Waals surface area contributed by atoms with Crippen LogP contribution in [-0.4, -0.2) is 23.3 Å². The molecule has 2 aromatic rings. The van der Waals surface area contributed by atoms with Gasteiger partial charge in [0.25, 0.3) is 11.6 Å². The molecule has 0 saturated carbocycles. The van der Waals surface area contributed by atoms with Crippen molar-refractivity contribution in [1.82, 2.24) is 0 Å². The van der Waals surface area contributed by atoms with E-state index >= 15 is 0 Å². The van der Waals surface area contributed by atoms with Gasteiger partial charge >= 0.3 is 0 Å². The summed E-state index contributed by atoms with van der Waals surface area (Å²) < 4.78 is 18.9. The number of hydrogen-bond acceptors (Lipinski definition) is 5. The van der Waals surface area contributed by atoms with Crippen molar-refractivity contribution in [2.75, 3.05) is 17.2 Å². The molecule has 0 atom stereocenters.